The van der Waals surface area contributed by atoms with Gasteiger partial charge in [-0.15, -0.1) is 0 Å². The molecule has 4 aromatic carbocycles. The van der Waals surface area contributed by atoms with Crippen LogP contribution in [0.4, 0.5) is 0 Å². The molecule has 1 fully saturated rings. The molecule has 0 saturated carbocycles. The average molecular weight is 547 g/mol. The van der Waals surface area contributed by atoms with E-state index >= 15 is 0 Å². The molecule has 3 aliphatic rings. The molecular formula is C33H32Cl2Ti. The van der Waals surface area contributed by atoms with Crippen LogP contribution in [0.15, 0.2) is 83.9 Å². The van der Waals surface area contributed by atoms with Crippen molar-refractivity contribution < 1.29 is 41.4 Å². The van der Waals surface area contributed by atoms with Gasteiger partial charge in [0.05, 0.1) is 0 Å². The fraction of sp³-hybridized carbons (Fsp3) is 0.273. The fourth-order valence-corrected chi connectivity index (χ4v) is 17.8. The first-order chi connectivity index (χ1) is 16.7. The van der Waals surface area contributed by atoms with Gasteiger partial charge in [0.2, 0.25) is 0 Å². The molecule has 3 heteroatoms. The van der Waals surface area contributed by atoms with Gasteiger partial charge in [-0.25, -0.2) is 0 Å². The SMILES string of the molecule is CCC1=Cc2c(ccc3ccccc23)[CH]1[Ti+2]1([CH]2C(CC)=Cc3c2ccc2ccccc32)[CH2]C[CH2]1.[Cl-].[Cl-]. The molecule has 1 heterocycles. The zero-order valence-electron chi connectivity index (χ0n) is 21.0. The van der Waals surface area contributed by atoms with E-state index in [1.807, 2.05) is 0 Å². The Morgan fingerprint density at radius 2 is 1.06 bits per heavy atom. The molecule has 0 amide bonds. The molecule has 0 spiro atoms. The summed E-state index contributed by atoms with van der Waals surface area (Å²) >= 11 is -2.34. The van der Waals surface area contributed by atoms with Crippen molar-refractivity contribution in [3.63, 3.8) is 0 Å². The van der Waals surface area contributed by atoms with Crippen LogP contribution in [0.3, 0.4) is 0 Å². The van der Waals surface area contributed by atoms with Crippen molar-refractivity contribution in [2.75, 3.05) is 0 Å². The van der Waals surface area contributed by atoms with Gasteiger partial charge in [0.25, 0.3) is 0 Å². The van der Waals surface area contributed by atoms with Crippen LogP contribution in [-0.4, -0.2) is 0 Å². The van der Waals surface area contributed by atoms with E-state index in [4.69, 9.17) is 0 Å². The maximum Gasteiger partial charge on any atom is -1.00 e. The minimum atomic E-state index is -2.34. The number of hydrogen-bond donors (Lipinski definition) is 0. The molecule has 0 nitrogen and oxygen atoms in total. The first kappa shape index (κ1) is 25.8. The first-order valence-electron chi connectivity index (χ1n) is 13.2. The van der Waals surface area contributed by atoms with Gasteiger partial charge < -0.3 is 24.8 Å². The number of fused-ring (bicyclic) bond motifs is 6. The number of halogens is 2. The predicted octanol–water partition coefficient (Wildman–Crippen LogP) is 3.79. The number of allylic oxidation sites excluding steroid dienone is 2. The summed E-state index contributed by atoms with van der Waals surface area (Å²) in [4.78, 5) is 0. The van der Waals surface area contributed by atoms with E-state index in [2.05, 4.69) is 98.8 Å². The smallest absolute Gasteiger partial charge is 1.00 e. The molecule has 4 aromatic rings. The second kappa shape index (κ2) is 9.81. The molecule has 0 N–H and O–H groups in total. The molecule has 182 valence electrons. The van der Waals surface area contributed by atoms with Gasteiger partial charge in [-0.3, -0.25) is 0 Å². The summed E-state index contributed by atoms with van der Waals surface area (Å²) in [6.45, 7) is 4.79. The van der Waals surface area contributed by atoms with Gasteiger partial charge in [0.1, 0.15) is 0 Å². The molecule has 7 rings (SSSR count). The van der Waals surface area contributed by atoms with Gasteiger partial charge in [-0.05, 0) is 0 Å². The first-order valence-corrected chi connectivity index (χ1v) is 17.2. The monoisotopic (exact) mass is 546 g/mol. The van der Waals surface area contributed by atoms with E-state index in [-0.39, 0.29) is 24.8 Å². The summed E-state index contributed by atoms with van der Waals surface area (Å²) in [7, 11) is 0. The van der Waals surface area contributed by atoms with Crippen molar-refractivity contribution in [1.29, 1.82) is 0 Å². The standard InChI is InChI=1S/2C15H13.C3H6.2ClH.Ti/c2*1-2-11-9-13-8-7-12-5-3-4-6-14(12)15(13)10-11;1-3-2;;;/h2*3-10H,2H2,1H3;1-3H2;2*1H;/q;;;;;+2/p-2. The number of benzene rings is 4. The van der Waals surface area contributed by atoms with Crippen molar-refractivity contribution in [1.82, 2.24) is 0 Å². The molecule has 36 heavy (non-hydrogen) atoms. The minimum absolute atomic E-state index is 0. The van der Waals surface area contributed by atoms with E-state index in [0.29, 0.717) is 0 Å². The van der Waals surface area contributed by atoms with E-state index in [0.717, 1.165) is 8.45 Å². The molecule has 0 radical (unpaired) electrons. The van der Waals surface area contributed by atoms with E-state index in [9.17, 15) is 0 Å². The summed E-state index contributed by atoms with van der Waals surface area (Å²) in [6.07, 6.45) is 9.03. The van der Waals surface area contributed by atoms with Gasteiger partial charge in [-0.1, -0.05) is 0 Å². The summed E-state index contributed by atoms with van der Waals surface area (Å²) in [5.74, 6) is 0. The summed E-state index contributed by atoms with van der Waals surface area (Å²) < 4.78 is 4.47. The maximum atomic E-state index is 2.61. The van der Waals surface area contributed by atoms with E-state index in [1.54, 1.807) is 22.3 Å². The third-order valence-corrected chi connectivity index (χ3v) is 19.0. The van der Waals surface area contributed by atoms with Crippen LogP contribution in [0.1, 0.15) is 63.8 Å². The maximum absolute atomic E-state index is 2.61. The van der Waals surface area contributed by atoms with Crippen LogP contribution < -0.4 is 24.8 Å². The Kier molecular flexibility index (Phi) is 7.03. The van der Waals surface area contributed by atoms with Gasteiger partial charge in [0, 0.05) is 0 Å². The van der Waals surface area contributed by atoms with E-state index in [1.165, 1.54) is 61.4 Å². The van der Waals surface area contributed by atoms with E-state index < -0.39 is 16.6 Å². The van der Waals surface area contributed by atoms with Crippen LogP contribution in [0.5, 0.6) is 0 Å². The Bertz CT molecular complexity index is 1410. The largest absolute Gasteiger partial charge is 1.00 e. The normalized spacial score (nSPS) is 20.2. The van der Waals surface area contributed by atoms with Crippen molar-refractivity contribution in [3.8, 4) is 0 Å². The van der Waals surface area contributed by atoms with Crippen molar-refractivity contribution in [3.05, 3.63) is 106 Å². The third-order valence-electron chi connectivity index (χ3n) is 9.28. The van der Waals surface area contributed by atoms with Gasteiger partial charge in [0.15, 0.2) is 0 Å². The second-order valence-corrected chi connectivity index (χ2v) is 17.9. The quantitative estimate of drug-likeness (QED) is 0.342. The topological polar surface area (TPSA) is 0 Å². The Hall–Kier alpha value is -1.83. The van der Waals surface area contributed by atoms with Crippen molar-refractivity contribution >= 4 is 33.7 Å². The Labute approximate surface area is 231 Å². The van der Waals surface area contributed by atoms with Crippen molar-refractivity contribution in [2.24, 2.45) is 0 Å². The number of rotatable bonds is 4. The molecule has 2 aliphatic carbocycles. The average Bonchev–Trinajstić information content (AvgIpc) is 3.43. The predicted molar refractivity (Wildman–Crippen MR) is 144 cm³/mol. The molecular weight excluding hydrogens is 515 g/mol. The minimum Gasteiger partial charge on any atom is -1.00 e. The molecule has 2 atom stereocenters. The van der Waals surface area contributed by atoms with Crippen LogP contribution in [0.25, 0.3) is 33.7 Å². The molecule has 0 aromatic heterocycles. The van der Waals surface area contributed by atoms with Crippen LogP contribution in [-0.2, 0) is 16.6 Å². The Balaban J connectivity index is 0.00000133. The van der Waals surface area contributed by atoms with Crippen LogP contribution >= 0.6 is 0 Å². The molecule has 1 aliphatic heterocycles. The molecule has 0 bridgehead atoms. The van der Waals surface area contributed by atoms with Crippen molar-refractivity contribution in [2.45, 2.75) is 51.0 Å². The van der Waals surface area contributed by atoms with Gasteiger partial charge >= 0.3 is 207 Å². The fourth-order valence-electron chi connectivity index (χ4n) is 7.69. The van der Waals surface area contributed by atoms with Crippen LogP contribution in [0, 0.1) is 0 Å². The zero-order valence-corrected chi connectivity index (χ0v) is 24.1. The Morgan fingerprint density at radius 3 is 1.44 bits per heavy atom. The summed E-state index contributed by atoms with van der Waals surface area (Å²) in [5, 5.41) is 5.68. The Morgan fingerprint density at radius 1 is 0.611 bits per heavy atom. The number of hydrogen-bond acceptors (Lipinski definition) is 0. The van der Waals surface area contributed by atoms with Gasteiger partial charge in [-0.2, -0.15) is 0 Å². The summed E-state index contributed by atoms with van der Waals surface area (Å²) in [5.41, 5.74) is 9.87. The summed E-state index contributed by atoms with van der Waals surface area (Å²) in [6, 6.07) is 27.8. The molecule has 2 unspecified atom stereocenters. The third kappa shape index (κ3) is 3.53. The second-order valence-electron chi connectivity index (χ2n) is 10.7. The molecule has 1 saturated heterocycles. The van der Waals surface area contributed by atoms with Crippen LogP contribution in [0.2, 0.25) is 9.45 Å². The zero-order chi connectivity index (χ0) is 22.9.